The van der Waals surface area contributed by atoms with Gasteiger partial charge in [-0.1, -0.05) is 18.2 Å². The van der Waals surface area contributed by atoms with Crippen LogP contribution in [0.25, 0.3) is 10.9 Å². The predicted molar refractivity (Wildman–Crippen MR) is 80.1 cm³/mol. The minimum atomic E-state index is -4.49. The second-order valence-corrected chi connectivity index (χ2v) is 5.10. The molecule has 0 fully saturated rings. The molecule has 118 valence electrons. The Balaban J connectivity index is 1.87. The molecule has 0 spiro atoms. The standard InChI is InChI=1S/C17H13F3N2O/c1-11-8-12(14-4-2-3-5-15(14)22-11)10-23-13-6-7-21-16(9-13)17(18,19)20/h2-9H,10H2,1H3. The van der Waals surface area contributed by atoms with E-state index in [0.717, 1.165) is 34.4 Å². The predicted octanol–water partition coefficient (Wildman–Crippen LogP) is 4.54. The molecule has 0 unspecified atom stereocenters. The smallest absolute Gasteiger partial charge is 0.433 e. The topological polar surface area (TPSA) is 35.0 Å². The number of aromatic nitrogens is 2. The van der Waals surface area contributed by atoms with Crippen molar-refractivity contribution >= 4 is 10.9 Å². The Morgan fingerprint density at radius 2 is 1.87 bits per heavy atom. The van der Waals surface area contributed by atoms with Gasteiger partial charge < -0.3 is 4.74 Å². The Labute approximate surface area is 130 Å². The van der Waals surface area contributed by atoms with Gasteiger partial charge in [0.05, 0.1) is 5.52 Å². The molecule has 0 saturated carbocycles. The van der Waals surface area contributed by atoms with Crippen LogP contribution in [-0.4, -0.2) is 9.97 Å². The van der Waals surface area contributed by atoms with E-state index in [4.69, 9.17) is 4.74 Å². The van der Waals surface area contributed by atoms with Crippen LogP contribution in [-0.2, 0) is 12.8 Å². The van der Waals surface area contributed by atoms with Gasteiger partial charge in [0, 0.05) is 28.9 Å². The van der Waals surface area contributed by atoms with Gasteiger partial charge in [-0.05, 0) is 25.1 Å². The van der Waals surface area contributed by atoms with Gasteiger partial charge >= 0.3 is 6.18 Å². The summed E-state index contributed by atoms with van der Waals surface area (Å²) < 4.78 is 43.5. The zero-order chi connectivity index (χ0) is 16.4. The van der Waals surface area contributed by atoms with E-state index in [1.807, 2.05) is 37.3 Å². The summed E-state index contributed by atoms with van der Waals surface area (Å²) in [5.74, 6) is 0.130. The molecule has 0 aliphatic heterocycles. The van der Waals surface area contributed by atoms with Crippen LogP contribution in [0.5, 0.6) is 5.75 Å². The fourth-order valence-corrected chi connectivity index (χ4v) is 2.33. The van der Waals surface area contributed by atoms with Gasteiger partial charge in [0.25, 0.3) is 0 Å². The number of hydrogen-bond donors (Lipinski definition) is 0. The van der Waals surface area contributed by atoms with Gasteiger partial charge in [0.2, 0.25) is 0 Å². The van der Waals surface area contributed by atoms with Crippen molar-refractivity contribution in [1.29, 1.82) is 0 Å². The fourth-order valence-electron chi connectivity index (χ4n) is 2.33. The van der Waals surface area contributed by atoms with Gasteiger partial charge in [-0.15, -0.1) is 0 Å². The van der Waals surface area contributed by atoms with Crippen molar-refractivity contribution in [3.63, 3.8) is 0 Å². The summed E-state index contributed by atoms with van der Waals surface area (Å²) in [6.07, 6.45) is -3.40. The van der Waals surface area contributed by atoms with E-state index in [-0.39, 0.29) is 12.4 Å². The Bertz CT molecular complexity index is 847. The van der Waals surface area contributed by atoms with Gasteiger partial charge in [0.1, 0.15) is 18.1 Å². The average Bonchev–Trinajstić information content (AvgIpc) is 2.52. The molecule has 0 amide bonds. The Kier molecular flexibility index (Phi) is 3.90. The Morgan fingerprint density at radius 3 is 2.65 bits per heavy atom. The summed E-state index contributed by atoms with van der Waals surface area (Å²) in [4.78, 5) is 7.74. The lowest BCUT2D eigenvalue weighted by atomic mass is 10.1. The van der Waals surface area contributed by atoms with E-state index >= 15 is 0 Å². The van der Waals surface area contributed by atoms with Crippen molar-refractivity contribution in [3.8, 4) is 5.75 Å². The SMILES string of the molecule is Cc1cc(COc2ccnc(C(F)(F)F)c2)c2ccccc2n1. The van der Waals surface area contributed by atoms with Crippen molar-refractivity contribution in [2.45, 2.75) is 19.7 Å². The minimum Gasteiger partial charge on any atom is -0.489 e. The number of nitrogens with zero attached hydrogens (tertiary/aromatic N) is 2. The van der Waals surface area contributed by atoms with E-state index in [9.17, 15) is 13.2 Å². The third-order valence-corrected chi connectivity index (χ3v) is 3.35. The summed E-state index contributed by atoms with van der Waals surface area (Å²) >= 11 is 0. The van der Waals surface area contributed by atoms with Crippen LogP contribution in [0, 0.1) is 6.92 Å². The molecule has 0 N–H and O–H groups in total. The first-order chi connectivity index (χ1) is 10.9. The van der Waals surface area contributed by atoms with Gasteiger partial charge in [0.15, 0.2) is 0 Å². The molecule has 3 nitrogen and oxygen atoms in total. The van der Waals surface area contributed by atoms with Crippen LogP contribution < -0.4 is 4.74 Å². The second-order valence-electron chi connectivity index (χ2n) is 5.10. The minimum absolute atomic E-state index is 0.130. The summed E-state index contributed by atoms with van der Waals surface area (Å²) in [5.41, 5.74) is 1.56. The third kappa shape index (κ3) is 3.41. The summed E-state index contributed by atoms with van der Waals surface area (Å²) in [6.45, 7) is 2.02. The highest BCUT2D eigenvalue weighted by molar-refractivity contribution is 5.82. The number of benzene rings is 1. The molecule has 0 atom stereocenters. The van der Waals surface area contributed by atoms with Crippen LogP contribution in [0.15, 0.2) is 48.7 Å². The van der Waals surface area contributed by atoms with Crippen molar-refractivity contribution in [3.05, 3.63) is 65.6 Å². The van der Waals surface area contributed by atoms with E-state index in [2.05, 4.69) is 9.97 Å². The van der Waals surface area contributed by atoms with Crippen LogP contribution in [0.3, 0.4) is 0 Å². The molecule has 2 heterocycles. The first kappa shape index (κ1) is 15.3. The molecular formula is C17H13F3N2O. The maximum Gasteiger partial charge on any atom is 0.433 e. The molecule has 0 aliphatic carbocycles. The number of alkyl halides is 3. The molecule has 0 radical (unpaired) electrons. The lowest BCUT2D eigenvalue weighted by molar-refractivity contribution is -0.141. The largest absolute Gasteiger partial charge is 0.489 e. The van der Waals surface area contributed by atoms with Crippen LogP contribution in [0.4, 0.5) is 13.2 Å². The molecule has 6 heteroatoms. The maximum atomic E-state index is 12.7. The first-order valence-corrected chi connectivity index (χ1v) is 6.95. The lowest BCUT2D eigenvalue weighted by Crippen LogP contribution is -2.08. The number of halogens is 3. The molecule has 0 saturated heterocycles. The van der Waals surface area contributed by atoms with Crippen molar-refractivity contribution in [2.75, 3.05) is 0 Å². The number of fused-ring (bicyclic) bond motifs is 1. The lowest BCUT2D eigenvalue weighted by Gasteiger charge is -2.11. The molecule has 3 aromatic rings. The van der Waals surface area contributed by atoms with Gasteiger partial charge in [-0.3, -0.25) is 9.97 Å². The Morgan fingerprint density at radius 1 is 1.09 bits per heavy atom. The summed E-state index contributed by atoms with van der Waals surface area (Å²) in [5, 5.41) is 0.920. The van der Waals surface area contributed by atoms with E-state index in [0.29, 0.717) is 0 Å². The number of aryl methyl sites for hydroxylation is 1. The quantitative estimate of drug-likeness (QED) is 0.711. The zero-order valence-corrected chi connectivity index (χ0v) is 12.3. The number of pyridine rings is 2. The van der Waals surface area contributed by atoms with Crippen molar-refractivity contribution in [2.24, 2.45) is 0 Å². The van der Waals surface area contributed by atoms with E-state index < -0.39 is 11.9 Å². The van der Waals surface area contributed by atoms with E-state index in [1.165, 1.54) is 6.07 Å². The molecule has 0 bridgehead atoms. The fraction of sp³-hybridized carbons (Fsp3) is 0.176. The molecule has 2 aromatic heterocycles. The monoisotopic (exact) mass is 318 g/mol. The van der Waals surface area contributed by atoms with Crippen LogP contribution in [0.2, 0.25) is 0 Å². The number of rotatable bonds is 3. The molecular weight excluding hydrogens is 305 g/mol. The second kappa shape index (κ2) is 5.87. The molecule has 0 aliphatic rings. The highest BCUT2D eigenvalue weighted by Gasteiger charge is 2.32. The molecule has 3 rings (SSSR count). The van der Waals surface area contributed by atoms with Gasteiger partial charge in [-0.25, -0.2) is 0 Å². The number of ether oxygens (including phenoxy) is 1. The summed E-state index contributed by atoms with van der Waals surface area (Å²) in [7, 11) is 0. The first-order valence-electron chi connectivity index (χ1n) is 6.95. The molecule has 1 aromatic carbocycles. The normalized spacial score (nSPS) is 11.7. The highest BCUT2D eigenvalue weighted by atomic mass is 19.4. The number of hydrogen-bond acceptors (Lipinski definition) is 3. The van der Waals surface area contributed by atoms with E-state index in [1.54, 1.807) is 0 Å². The van der Waals surface area contributed by atoms with Gasteiger partial charge in [-0.2, -0.15) is 13.2 Å². The zero-order valence-electron chi connectivity index (χ0n) is 12.3. The van der Waals surface area contributed by atoms with Crippen LogP contribution in [0.1, 0.15) is 17.0 Å². The summed E-state index contributed by atoms with van der Waals surface area (Å²) in [6, 6.07) is 11.7. The Hall–Kier alpha value is -2.63. The average molecular weight is 318 g/mol. The van der Waals surface area contributed by atoms with Crippen molar-refractivity contribution in [1.82, 2.24) is 9.97 Å². The maximum absolute atomic E-state index is 12.7. The van der Waals surface area contributed by atoms with Crippen LogP contribution >= 0.6 is 0 Å². The molecule has 23 heavy (non-hydrogen) atoms. The highest BCUT2D eigenvalue weighted by Crippen LogP contribution is 2.30. The number of para-hydroxylation sites is 1. The van der Waals surface area contributed by atoms with Crippen molar-refractivity contribution < 1.29 is 17.9 Å². The third-order valence-electron chi connectivity index (χ3n) is 3.35.